The Labute approximate surface area is 193 Å². The molecule has 0 saturated heterocycles. The van der Waals surface area contributed by atoms with Crippen LogP contribution in [0.5, 0.6) is 11.6 Å². The topological polar surface area (TPSA) is 73.3 Å². The lowest BCUT2D eigenvalue weighted by Gasteiger charge is -2.29. The highest BCUT2D eigenvalue weighted by Crippen LogP contribution is 2.41. The van der Waals surface area contributed by atoms with Gasteiger partial charge in [-0.25, -0.2) is 9.37 Å². The molecule has 6 nitrogen and oxygen atoms in total. The summed E-state index contributed by atoms with van der Waals surface area (Å²) < 4.78 is 25.4. The number of alkyl halides is 1. The summed E-state index contributed by atoms with van der Waals surface area (Å²) in [6.07, 6.45) is 2.62. The maximum Gasteiger partial charge on any atom is 0.274 e. The lowest BCUT2D eigenvalue weighted by atomic mass is 10.1. The van der Waals surface area contributed by atoms with Gasteiger partial charge in [0.05, 0.1) is 0 Å². The number of amides is 1. The molecule has 164 valence electrons. The molecule has 2 atom stereocenters. The smallest absolute Gasteiger partial charge is 0.274 e. The first-order chi connectivity index (χ1) is 15.6. The Kier molecular flexibility index (Phi) is 5.78. The molecule has 1 saturated carbocycles. The summed E-state index contributed by atoms with van der Waals surface area (Å²) in [6.45, 7) is 0.236. The zero-order valence-electron chi connectivity index (χ0n) is 17.2. The van der Waals surface area contributed by atoms with E-state index < -0.39 is 5.91 Å². The van der Waals surface area contributed by atoms with Crippen molar-refractivity contribution in [2.24, 2.45) is 0 Å². The predicted octanol–water partition coefficient (Wildman–Crippen LogP) is 4.80. The number of aromatic nitrogens is 2. The van der Waals surface area contributed by atoms with Crippen LogP contribution in [0.2, 0.25) is 0 Å². The number of hydrogen-bond donors (Lipinski definition) is 1. The molecule has 1 aromatic heterocycles. The monoisotopic (exact) mass is 497 g/mol. The first-order valence-electron chi connectivity index (χ1n) is 10.5. The molecule has 1 fully saturated rings. The predicted molar refractivity (Wildman–Crippen MR) is 120 cm³/mol. The van der Waals surface area contributed by atoms with Crippen LogP contribution in [0, 0.1) is 5.82 Å². The van der Waals surface area contributed by atoms with Crippen LogP contribution >= 0.6 is 15.9 Å². The van der Waals surface area contributed by atoms with E-state index in [1.807, 2.05) is 24.3 Å². The summed E-state index contributed by atoms with van der Waals surface area (Å²) in [7, 11) is 0. The van der Waals surface area contributed by atoms with Crippen LogP contribution in [0.4, 0.5) is 4.39 Å². The second-order valence-corrected chi connectivity index (χ2v) is 8.47. The third kappa shape index (κ3) is 4.19. The number of ether oxygens (including phenoxy) is 2. The van der Waals surface area contributed by atoms with Crippen LogP contribution in [-0.2, 0) is 11.9 Å². The van der Waals surface area contributed by atoms with Crippen LogP contribution in [0.15, 0.2) is 48.5 Å². The van der Waals surface area contributed by atoms with Crippen molar-refractivity contribution in [3.05, 3.63) is 71.2 Å². The van der Waals surface area contributed by atoms with E-state index in [9.17, 15) is 9.18 Å². The average molecular weight is 498 g/mol. The second kappa shape index (κ2) is 8.86. The number of carbonyl (C=O) groups excluding carboxylic acids is 1. The molecule has 2 aliphatic rings. The van der Waals surface area contributed by atoms with Crippen LogP contribution in [0.3, 0.4) is 0 Å². The van der Waals surface area contributed by atoms with Gasteiger partial charge in [-0.05, 0) is 42.5 Å². The van der Waals surface area contributed by atoms with Crippen LogP contribution in [0.1, 0.15) is 40.9 Å². The lowest BCUT2D eigenvalue weighted by Crippen LogP contribution is -2.37. The number of carbonyl (C=O) groups is 1. The van der Waals surface area contributed by atoms with Crippen molar-refractivity contribution in [2.45, 2.75) is 43.3 Å². The molecular weight excluding hydrogens is 477 g/mol. The maximum absolute atomic E-state index is 13.2. The van der Waals surface area contributed by atoms with Gasteiger partial charge in [-0.15, -0.1) is 0 Å². The Morgan fingerprint density at radius 1 is 1.00 bits per heavy atom. The van der Waals surface area contributed by atoms with E-state index in [1.54, 1.807) is 12.1 Å². The maximum atomic E-state index is 13.2. The largest absolute Gasteiger partial charge is 0.479 e. The molecule has 0 radical (unpaired) electrons. The molecular formula is C24H21BrFN3O3. The van der Waals surface area contributed by atoms with E-state index >= 15 is 0 Å². The first kappa shape index (κ1) is 20.9. The van der Waals surface area contributed by atoms with Crippen molar-refractivity contribution in [2.75, 3.05) is 0 Å². The Morgan fingerprint density at radius 3 is 2.41 bits per heavy atom. The third-order valence-corrected chi connectivity index (χ3v) is 6.35. The Morgan fingerprint density at radius 2 is 1.69 bits per heavy atom. The Balaban J connectivity index is 1.48. The van der Waals surface area contributed by atoms with Gasteiger partial charge in [0, 0.05) is 17.4 Å². The highest BCUT2D eigenvalue weighted by atomic mass is 79.9. The average Bonchev–Trinajstić information content (AvgIpc) is 3.29. The van der Waals surface area contributed by atoms with E-state index in [2.05, 4.69) is 31.2 Å². The van der Waals surface area contributed by atoms with Crippen molar-refractivity contribution in [3.63, 3.8) is 0 Å². The summed E-state index contributed by atoms with van der Waals surface area (Å²) in [4.78, 5) is 22.2. The molecule has 2 aromatic carbocycles. The van der Waals surface area contributed by atoms with Crippen molar-refractivity contribution in [1.29, 1.82) is 0 Å². The highest BCUT2D eigenvalue weighted by molar-refractivity contribution is 9.08. The summed E-state index contributed by atoms with van der Waals surface area (Å²) in [5, 5.41) is 3.59. The molecule has 0 bridgehead atoms. The van der Waals surface area contributed by atoms with Gasteiger partial charge in [0.1, 0.15) is 18.0 Å². The van der Waals surface area contributed by atoms with Crippen molar-refractivity contribution in [3.8, 4) is 23.0 Å². The fraction of sp³-hybridized carbons (Fsp3) is 0.292. The zero-order chi connectivity index (χ0) is 22.1. The molecule has 1 N–H and O–H groups in total. The number of halogens is 2. The molecule has 3 aromatic rings. The second-order valence-electron chi connectivity index (χ2n) is 7.91. The van der Waals surface area contributed by atoms with E-state index in [1.165, 1.54) is 12.1 Å². The van der Waals surface area contributed by atoms with Gasteiger partial charge in [-0.3, -0.25) is 4.79 Å². The number of nitrogens with zero attached hydrogens (tertiary/aromatic N) is 2. The molecule has 8 heteroatoms. The summed E-state index contributed by atoms with van der Waals surface area (Å²) >= 11 is 3.44. The van der Waals surface area contributed by atoms with Crippen LogP contribution in [-0.4, -0.2) is 28.1 Å². The van der Waals surface area contributed by atoms with Gasteiger partial charge in [-0.2, -0.15) is 4.98 Å². The Hall–Kier alpha value is -3.00. The van der Waals surface area contributed by atoms with Gasteiger partial charge < -0.3 is 14.8 Å². The summed E-state index contributed by atoms with van der Waals surface area (Å²) in [5.74, 6) is 0.264. The minimum atomic E-state index is -0.397. The van der Waals surface area contributed by atoms with Crippen molar-refractivity contribution >= 4 is 21.8 Å². The minimum Gasteiger partial charge on any atom is -0.479 e. The fourth-order valence-corrected chi connectivity index (χ4v) is 4.34. The fourth-order valence-electron chi connectivity index (χ4n) is 3.97. The molecule has 32 heavy (non-hydrogen) atoms. The summed E-state index contributed by atoms with van der Waals surface area (Å²) in [5.41, 5.74) is 2.82. The van der Waals surface area contributed by atoms with Gasteiger partial charge in [0.25, 0.3) is 11.8 Å². The molecule has 2 heterocycles. The SMILES string of the molecule is O=C(NCc1ccc(F)cc1)c1nc(-c2ccc(CBr)cc2)nc2c1O[C@H]1CCC[C@H]1O2. The molecule has 5 rings (SSSR count). The molecule has 1 amide bonds. The molecule has 0 spiro atoms. The van der Waals surface area contributed by atoms with E-state index in [0.717, 1.165) is 41.3 Å². The minimum absolute atomic E-state index is 0.0591. The lowest BCUT2D eigenvalue weighted by molar-refractivity contribution is 0.0362. The highest BCUT2D eigenvalue weighted by Gasteiger charge is 2.39. The summed E-state index contributed by atoms with van der Waals surface area (Å²) in [6, 6.07) is 13.8. The molecule has 1 aliphatic carbocycles. The van der Waals surface area contributed by atoms with Gasteiger partial charge in [0.15, 0.2) is 11.5 Å². The van der Waals surface area contributed by atoms with Crippen molar-refractivity contribution < 1.29 is 18.7 Å². The zero-order valence-corrected chi connectivity index (χ0v) is 18.8. The third-order valence-electron chi connectivity index (χ3n) is 5.71. The van der Waals surface area contributed by atoms with Crippen LogP contribution in [0.25, 0.3) is 11.4 Å². The van der Waals surface area contributed by atoms with E-state index in [4.69, 9.17) is 9.47 Å². The normalized spacial score (nSPS) is 18.8. The number of hydrogen-bond acceptors (Lipinski definition) is 5. The van der Waals surface area contributed by atoms with Crippen LogP contribution < -0.4 is 14.8 Å². The van der Waals surface area contributed by atoms with E-state index in [-0.39, 0.29) is 36.0 Å². The number of nitrogens with one attached hydrogen (secondary N) is 1. The van der Waals surface area contributed by atoms with Crippen molar-refractivity contribution in [1.82, 2.24) is 15.3 Å². The van der Waals surface area contributed by atoms with Gasteiger partial charge >= 0.3 is 0 Å². The molecule has 1 aliphatic heterocycles. The number of rotatable bonds is 5. The Bertz CT molecular complexity index is 1140. The van der Waals surface area contributed by atoms with Gasteiger partial charge in [-0.1, -0.05) is 52.3 Å². The first-order valence-corrected chi connectivity index (χ1v) is 11.7. The quantitative estimate of drug-likeness (QED) is 0.512. The molecule has 0 unspecified atom stereocenters. The van der Waals surface area contributed by atoms with E-state index in [0.29, 0.717) is 11.7 Å². The van der Waals surface area contributed by atoms with Gasteiger partial charge in [0.2, 0.25) is 5.75 Å². The number of benzene rings is 2. The number of fused-ring (bicyclic) bond motifs is 2. The standard InChI is InChI=1S/C24H21BrFN3O3/c25-12-14-4-8-16(9-5-14)22-28-20(23(30)27-13-15-6-10-17(26)11-7-15)21-24(29-22)32-19-3-1-2-18(19)31-21/h4-11,18-19H,1-3,12-13H2,(H,27,30)/t18-,19+/m0/s1.